The molecule has 19 nitrogen and oxygen atoms in total. The number of alkyl halides is 3. The van der Waals surface area contributed by atoms with Gasteiger partial charge in [0.2, 0.25) is 11.8 Å². The number of carboxylic acids is 2. The van der Waals surface area contributed by atoms with E-state index in [-0.39, 0.29) is 106 Å². The second-order valence-electron chi connectivity index (χ2n) is 19.3. The number of amides is 4. The van der Waals surface area contributed by atoms with Crippen molar-refractivity contribution in [2.75, 3.05) is 90.5 Å². The molecule has 0 spiro atoms. The maximum Gasteiger partial charge on any atom is 0.490 e. The van der Waals surface area contributed by atoms with Crippen LogP contribution in [-0.4, -0.2) is 168 Å². The summed E-state index contributed by atoms with van der Waals surface area (Å²) in [4.78, 5) is 99.1. The number of nitrogens with zero attached hydrogens (tertiary/aromatic N) is 3. The Morgan fingerprint density at radius 1 is 0.762 bits per heavy atom. The first-order valence-electron chi connectivity index (χ1n) is 25.9. The molecule has 442 valence electrons. The van der Waals surface area contributed by atoms with Crippen LogP contribution in [0.5, 0.6) is 0 Å². The third-order valence-corrected chi connectivity index (χ3v) is 13.0. The van der Waals surface area contributed by atoms with Gasteiger partial charge in [0.05, 0.1) is 70.4 Å². The zero-order valence-electron chi connectivity index (χ0n) is 45.1. The molecule has 0 saturated heterocycles. The van der Waals surface area contributed by atoms with Gasteiger partial charge in [-0.15, -0.1) is 0 Å². The number of ketones is 2. The van der Waals surface area contributed by atoms with Crippen molar-refractivity contribution in [1.82, 2.24) is 19.7 Å². The molecule has 80 heavy (non-hydrogen) atoms. The Labute approximate surface area is 465 Å². The van der Waals surface area contributed by atoms with E-state index in [0.717, 1.165) is 28.7 Å². The number of thioether (sulfide) groups is 1. The Kier molecular flexibility index (Phi) is 30.0. The molecule has 2 atom stereocenters. The number of imide groups is 1. The van der Waals surface area contributed by atoms with E-state index in [4.69, 9.17) is 39.7 Å². The summed E-state index contributed by atoms with van der Waals surface area (Å²) in [5, 5.41) is 18.9. The van der Waals surface area contributed by atoms with Crippen LogP contribution >= 0.6 is 11.8 Å². The van der Waals surface area contributed by atoms with Gasteiger partial charge in [0.15, 0.2) is 0 Å². The number of halogens is 5. The second-order valence-corrected chi connectivity index (χ2v) is 20.4. The summed E-state index contributed by atoms with van der Waals surface area (Å²) >= 11 is 1.19. The normalized spacial score (nSPS) is 13.2. The topological polar surface area (TPSA) is 263 Å². The highest BCUT2D eigenvalue weighted by Crippen LogP contribution is 2.41. The molecular weight excluding hydrogens is 1080 g/mol. The summed E-state index contributed by atoms with van der Waals surface area (Å²) in [6.45, 7) is 9.11. The van der Waals surface area contributed by atoms with Crippen LogP contribution in [0.15, 0.2) is 72.9 Å². The highest BCUT2D eigenvalue weighted by Gasteiger charge is 2.39. The predicted octanol–water partition coefficient (Wildman–Crippen LogP) is 6.40. The highest BCUT2D eigenvalue weighted by molar-refractivity contribution is 7.99. The van der Waals surface area contributed by atoms with Crippen LogP contribution in [-0.2, 0) is 63.8 Å². The van der Waals surface area contributed by atoms with Gasteiger partial charge >= 0.3 is 18.1 Å². The maximum atomic E-state index is 15.2. The molecular formula is C55H72F5N5O14S. The quantitative estimate of drug-likeness (QED) is 0.0276. The van der Waals surface area contributed by atoms with Crippen LogP contribution < -0.4 is 11.1 Å². The first kappa shape index (κ1) is 67.9. The lowest BCUT2D eigenvalue weighted by atomic mass is 9.83. The molecule has 0 saturated carbocycles. The minimum Gasteiger partial charge on any atom is -0.481 e. The average Bonchev–Trinajstić information content (AvgIpc) is 3.95. The van der Waals surface area contributed by atoms with Crippen molar-refractivity contribution in [2.24, 2.45) is 17.1 Å². The predicted molar refractivity (Wildman–Crippen MR) is 285 cm³/mol. The van der Waals surface area contributed by atoms with Crippen molar-refractivity contribution in [1.29, 1.82) is 0 Å². The summed E-state index contributed by atoms with van der Waals surface area (Å²) in [6.07, 6.45) is -0.00542. The van der Waals surface area contributed by atoms with Crippen molar-refractivity contribution in [3.05, 3.63) is 95.8 Å². The first-order valence-corrected chi connectivity index (χ1v) is 27.0. The van der Waals surface area contributed by atoms with Gasteiger partial charge in [0.1, 0.15) is 23.2 Å². The molecule has 1 aliphatic heterocycles. The molecule has 0 aliphatic carbocycles. The fraction of sp³-hybridized carbons (Fsp3) is 0.527. The van der Waals surface area contributed by atoms with Crippen molar-refractivity contribution in [3.63, 3.8) is 0 Å². The summed E-state index contributed by atoms with van der Waals surface area (Å²) in [5.74, 6) is -7.74. The van der Waals surface area contributed by atoms with E-state index in [2.05, 4.69) is 5.32 Å². The number of aromatic nitrogens is 1. The Morgan fingerprint density at radius 3 is 1.94 bits per heavy atom. The lowest BCUT2D eigenvalue weighted by Crippen LogP contribution is -2.44. The Hall–Kier alpha value is -6.38. The number of hydrogen-bond donors (Lipinski definition) is 4. The van der Waals surface area contributed by atoms with E-state index in [9.17, 15) is 51.1 Å². The van der Waals surface area contributed by atoms with Crippen molar-refractivity contribution < 1.29 is 89.5 Å². The monoisotopic (exact) mass is 1150 g/mol. The van der Waals surface area contributed by atoms with Gasteiger partial charge in [-0.25, -0.2) is 13.6 Å². The molecule has 4 amide bonds. The van der Waals surface area contributed by atoms with Gasteiger partial charge in [0, 0.05) is 99.4 Å². The Bertz CT molecular complexity index is 2510. The smallest absolute Gasteiger partial charge is 0.481 e. The van der Waals surface area contributed by atoms with E-state index in [0.29, 0.717) is 70.2 Å². The van der Waals surface area contributed by atoms with Gasteiger partial charge in [0.25, 0.3) is 11.8 Å². The van der Waals surface area contributed by atoms with Crippen molar-refractivity contribution in [2.45, 2.75) is 84.5 Å². The van der Waals surface area contributed by atoms with E-state index in [1.807, 2.05) is 55.7 Å². The number of rotatable bonds is 37. The number of carboxylic acid groups (broad SMARTS) is 2. The zero-order valence-corrected chi connectivity index (χ0v) is 46.0. The molecule has 2 aromatic carbocycles. The molecule has 4 rings (SSSR count). The minimum absolute atomic E-state index is 0.0162. The standard InChI is InChI=1S/C53H71F2N5O12S.C2HF3O2/c1-53(2,3)51(46-32-39(44-33-41(54)12-13-45(44)55)35-58(46)34-38-9-5-4-6-10-38)60(21-8-19-56)49(65)37-73-36-40(52(68)57-20-16-50(66)67)31-43(62)18-24-70-26-28-72-30-29-71-27-25-69-23-7-11-42(61)17-22-59-47(63)14-15-48(59)64;3-2(4,5)1(6)7/h4-6,9-10,12-15,32-33,35,40,51H,7-8,11,16-31,34,36-37,56H2,1-3H3,(H,57,68)(H,66,67);(H,6,7)/t40-,51-;/m0./s1. The number of Topliss-reactive ketones (excluding diaryl/α,β-unsaturated/α-hetero) is 2. The largest absolute Gasteiger partial charge is 0.490 e. The molecule has 25 heteroatoms. The van der Waals surface area contributed by atoms with E-state index >= 15 is 4.39 Å². The third kappa shape index (κ3) is 25.4. The van der Waals surface area contributed by atoms with E-state index in [1.165, 1.54) is 23.9 Å². The Morgan fingerprint density at radius 2 is 1.36 bits per heavy atom. The first-order chi connectivity index (χ1) is 37.9. The number of carbonyl (C=O) groups excluding carboxylic acids is 6. The summed E-state index contributed by atoms with van der Waals surface area (Å²) in [6, 6.07) is 14.2. The van der Waals surface area contributed by atoms with Gasteiger partial charge in [-0.1, -0.05) is 51.1 Å². The lowest BCUT2D eigenvalue weighted by Gasteiger charge is -2.41. The molecule has 5 N–H and O–H groups in total. The van der Waals surface area contributed by atoms with E-state index < -0.39 is 64.8 Å². The van der Waals surface area contributed by atoms with Crippen LogP contribution in [0.25, 0.3) is 11.1 Å². The zero-order chi connectivity index (χ0) is 59.3. The molecule has 0 radical (unpaired) electrons. The van der Waals surface area contributed by atoms with Gasteiger partial charge in [-0.3, -0.25) is 38.5 Å². The Balaban J connectivity index is 0.00000224. The van der Waals surface area contributed by atoms with Crippen LogP contribution in [0.1, 0.15) is 83.0 Å². The number of aliphatic carboxylic acids is 2. The van der Waals surface area contributed by atoms with Crippen molar-refractivity contribution in [3.8, 4) is 11.1 Å². The molecule has 0 bridgehead atoms. The number of nitrogens with one attached hydrogen (secondary N) is 1. The summed E-state index contributed by atoms with van der Waals surface area (Å²) < 4.78 is 85.5. The molecule has 0 fully saturated rings. The minimum atomic E-state index is -5.08. The van der Waals surface area contributed by atoms with Crippen LogP contribution in [0.2, 0.25) is 0 Å². The number of ether oxygens (including phenoxy) is 4. The van der Waals surface area contributed by atoms with Gasteiger partial charge < -0.3 is 49.7 Å². The highest BCUT2D eigenvalue weighted by atomic mass is 32.2. The number of hydrogen-bond acceptors (Lipinski definition) is 14. The number of benzene rings is 2. The van der Waals surface area contributed by atoms with Crippen molar-refractivity contribution >= 4 is 58.9 Å². The third-order valence-electron chi connectivity index (χ3n) is 11.9. The fourth-order valence-electron chi connectivity index (χ4n) is 8.02. The molecule has 1 aromatic heterocycles. The molecule has 2 heterocycles. The summed E-state index contributed by atoms with van der Waals surface area (Å²) in [5.41, 5.74) is 7.62. The lowest BCUT2D eigenvalue weighted by molar-refractivity contribution is -0.192. The van der Waals surface area contributed by atoms with Gasteiger partial charge in [-0.05, 0) is 54.6 Å². The molecule has 0 unspecified atom stereocenters. The molecule has 1 aliphatic rings. The molecule has 3 aromatic rings. The van der Waals surface area contributed by atoms with Crippen LogP contribution in [0.3, 0.4) is 0 Å². The van der Waals surface area contributed by atoms with Crippen LogP contribution in [0, 0.1) is 23.0 Å². The van der Waals surface area contributed by atoms with Crippen LogP contribution in [0.4, 0.5) is 22.0 Å². The number of carbonyl (C=O) groups is 8. The van der Waals surface area contributed by atoms with E-state index in [1.54, 1.807) is 17.2 Å². The maximum absolute atomic E-state index is 15.2. The second kappa shape index (κ2) is 35.4. The average molecular weight is 1150 g/mol. The number of nitrogens with two attached hydrogens (primary N) is 1. The fourth-order valence-corrected chi connectivity index (χ4v) is 9.03. The van der Waals surface area contributed by atoms with Gasteiger partial charge in [-0.2, -0.15) is 24.9 Å². The summed E-state index contributed by atoms with van der Waals surface area (Å²) in [7, 11) is 0. The SMILES string of the molecule is CC(C)(C)[C@H](c1cc(-c2cc(F)ccc2F)cn1Cc1ccccc1)N(CCCN)C(=O)CSC[C@H](CC(=O)CCOCCOCCOCCOCCCC(=O)CCN1C(=O)C=CC1=O)C(=O)NCCC(=O)O.O=C(O)C(F)(F)F.